The Hall–Kier alpha value is -3.40. The smallest absolute Gasteiger partial charge is 0.221 e. The maximum absolute atomic E-state index is 12.8. The Morgan fingerprint density at radius 1 is 1.07 bits per heavy atom. The molecule has 2 aromatic carbocycles. The first-order valence-electron chi connectivity index (χ1n) is 9.49. The molecule has 1 unspecified atom stereocenters. The molecule has 0 saturated carbocycles. The van der Waals surface area contributed by atoms with Gasteiger partial charge in [0.25, 0.3) is 0 Å². The zero-order chi connectivity index (χ0) is 19.3. The first kappa shape index (κ1) is 18.0. The van der Waals surface area contributed by atoms with Crippen LogP contribution in [-0.2, 0) is 11.3 Å². The van der Waals surface area contributed by atoms with E-state index in [2.05, 4.69) is 58.6 Å². The molecule has 4 aromatic rings. The number of fused-ring (bicyclic) bond motifs is 1. The van der Waals surface area contributed by atoms with Gasteiger partial charge in [0.1, 0.15) is 0 Å². The number of aryl methyl sites for hydroxylation is 1. The van der Waals surface area contributed by atoms with Crippen LogP contribution in [0.4, 0.5) is 0 Å². The van der Waals surface area contributed by atoms with Gasteiger partial charge in [0, 0.05) is 48.4 Å². The molecule has 4 nitrogen and oxygen atoms in total. The van der Waals surface area contributed by atoms with Crippen molar-refractivity contribution in [3.05, 3.63) is 102 Å². The van der Waals surface area contributed by atoms with E-state index < -0.39 is 0 Å². The van der Waals surface area contributed by atoms with Crippen molar-refractivity contribution in [3.8, 4) is 0 Å². The summed E-state index contributed by atoms with van der Waals surface area (Å²) in [6, 6.07) is 20.5. The standard InChI is InChI=1S/C24H23N3O/c1-17-8-10-19(11-9-17)21(22-16-26-23-7-3-2-6-20(22)23)13-24(28)27-15-18-5-4-12-25-14-18/h2-12,14,16,21,26H,13,15H2,1H3,(H,27,28). The van der Waals surface area contributed by atoms with Crippen LogP contribution in [0.5, 0.6) is 0 Å². The lowest BCUT2D eigenvalue weighted by Crippen LogP contribution is -2.25. The normalized spacial score (nSPS) is 12.0. The van der Waals surface area contributed by atoms with Crippen LogP contribution in [0.25, 0.3) is 10.9 Å². The summed E-state index contributed by atoms with van der Waals surface area (Å²) in [7, 11) is 0. The molecule has 0 fully saturated rings. The van der Waals surface area contributed by atoms with Gasteiger partial charge >= 0.3 is 0 Å². The van der Waals surface area contributed by atoms with Gasteiger partial charge in [0.2, 0.25) is 5.91 Å². The van der Waals surface area contributed by atoms with Crippen molar-refractivity contribution in [2.24, 2.45) is 0 Å². The summed E-state index contributed by atoms with van der Waals surface area (Å²) >= 11 is 0. The highest BCUT2D eigenvalue weighted by Crippen LogP contribution is 2.33. The van der Waals surface area contributed by atoms with Gasteiger partial charge in [-0.15, -0.1) is 0 Å². The van der Waals surface area contributed by atoms with Gasteiger partial charge in [-0.05, 0) is 35.7 Å². The van der Waals surface area contributed by atoms with E-state index >= 15 is 0 Å². The number of carbonyl (C=O) groups excluding carboxylic acids is 1. The number of nitrogens with zero attached hydrogens (tertiary/aromatic N) is 1. The molecule has 0 radical (unpaired) electrons. The lowest BCUT2D eigenvalue weighted by atomic mass is 9.87. The quantitative estimate of drug-likeness (QED) is 0.517. The van der Waals surface area contributed by atoms with Crippen molar-refractivity contribution < 1.29 is 4.79 Å². The molecule has 2 aromatic heterocycles. The second-order valence-electron chi connectivity index (χ2n) is 7.09. The number of hydrogen-bond donors (Lipinski definition) is 2. The van der Waals surface area contributed by atoms with E-state index in [0.717, 1.165) is 27.6 Å². The number of rotatable bonds is 6. The zero-order valence-electron chi connectivity index (χ0n) is 15.9. The van der Waals surface area contributed by atoms with Gasteiger partial charge in [-0.1, -0.05) is 54.1 Å². The van der Waals surface area contributed by atoms with Crippen LogP contribution in [0.1, 0.15) is 34.6 Å². The van der Waals surface area contributed by atoms with Crippen LogP contribution in [0, 0.1) is 6.92 Å². The second-order valence-corrected chi connectivity index (χ2v) is 7.09. The third-order valence-electron chi connectivity index (χ3n) is 5.08. The summed E-state index contributed by atoms with van der Waals surface area (Å²) in [6.45, 7) is 2.56. The molecule has 4 rings (SSSR count). The molecule has 2 heterocycles. The average molecular weight is 369 g/mol. The highest BCUT2D eigenvalue weighted by molar-refractivity contribution is 5.86. The summed E-state index contributed by atoms with van der Waals surface area (Å²) < 4.78 is 0. The minimum absolute atomic E-state index is 0.00866. The lowest BCUT2D eigenvalue weighted by molar-refractivity contribution is -0.121. The molecule has 140 valence electrons. The fourth-order valence-electron chi connectivity index (χ4n) is 3.55. The van der Waals surface area contributed by atoms with Gasteiger partial charge in [0.15, 0.2) is 0 Å². The number of hydrogen-bond acceptors (Lipinski definition) is 2. The Kier molecular flexibility index (Phi) is 5.20. The Morgan fingerprint density at radius 3 is 2.68 bits per heavy atom. The fourth-order valence-corrected chi connectivity index (χ4v) is 3.55. The van der Waals surface area contributed by atoms with Crippen LogP contribution in [0.2, 0.25) is 0 Å². The predicted molar refractivity (Wildman–Crippen MR) is 112 cm³/mol. The van der Waals surface area contributed by atoms with E-state index in [1.54, 1.807) is 12.4 Å². The largest absolute Gasteiger partial charge is 0.361 e. The summed E-state index contributed by atoms with van der Waals surface area (Å²) in [6.07, 6.45) is 5.93. The molecular weight excluding hydrogens is 346 g/mol. The van der Waals surface area contributed by atoms with Crippen molar-refractivity contribution in [1.29, 1.82) is 0 Å². The third kappa shape index (κ3) is 3.96. The van der Waals surface area contributed by atoms with E-state index in [9.17, 15) is 4.79 Å². The molecule has 1 atom stereocenters. The van der Waals surface area contributed by atoms with E-state index in [0.29, 0.717) is 13.0 Å². The number of pyridine rings is 1. The zero-order valence-corrected chi connectivity index (χ0v) is 15.9. The molecule has 28 heavy (non-hydrogen) atoms. The predicted octanol–water partition coefficient (Wildman–Crippen LogP) is 4.71. The molecule has 1 amide bonds. The molecule has 2 N–H and O–H groups in total. The number of aromatic nitrogens is 2. The molecular formula is C24H23N3O. The van der Waals surface area contributed by atoms with Crippen molar-refractivity contribution in [1.82, 2.24) is 15.3 Å². The Balaban J connectivity index is 1.60. The van der Waals surface area contributed by atoms with Crippen LogP contribution in [-0.4, -0.2) is 15.9 Å². The van der Waals surface area contributed by atoms with E-state index in [1.165, 1.54) is 5.56 Å². The van der Waals surface area contributed by atoms with Crippen LogP contribution < -0.4 is 5.32 Å². The summed E-state index contributed by atoms with van der Waals surface area (Å²) in [5.74, 6) is 0.0188. The topological polar surface area (TPSA) is 57.8 Å². The first-order chi connectivity index (χ1) is 13.7. The van der Waals surface area contributed by atoms with Gasteiger partial charge in [-0.25, -0.2) is 0 Å². The number of para-hydroxylation sites is 1. The Bertz CT molecular complexity index is 1070. The van der Waals surface area contributed by atoms with Crippen LogP contribution >= 0.6 is 0 Å². The number of carbonyl (C=O) groups is 1. The number of amides is 1. The Morgan fingerprint density at radius 2 is 1.89 bits per heavy atom. The van der Waals surface area contributed by atoms with Crippen LogP contribution in [0.3, 0.4) is 0 Å². The number of aromatic amines is 1. The highest BCUT2D eigenvalue weighted by atomic mass is 16.1. The van der Waals surface area contributed by atoms with E-state index in [4.69, 9.17) is 0 Å². The van der Waals surface area contributed by atoms with Crippen molar-refractivity contribution >= 4 is 16.8 Å². The summed E-state index contributed by atoms with van der Waals surface area (Å²) in [5, 5.41) is 4.19. The van der Waals surface area contributed by atoms with Gasteiger partial charge in [0.05, 0.1) is 0 Å². The molecule has 0 spiro atoms. The SMILES string of the molecule is Cc1ccc(C(CC(=O)NCc2cccnc2)c2c[nH]c3ccccc23)cc1. The Labute approximate surface area is 164 Å². The minimum Gasteiger partial charge on any atom is -0.361 e. The van der Waals surface area contributed by atoms with Crippen molar-refractivity contribution in [2.45, 2.75) is 25.8 Å². The van der Waals surface area contributed by atoms with E-state index in [1.807, 2.05) is 30.5 Å². The third-order valence-corrected chi connectivity index (χ3v) is 5.08. The summed E-state index contributed by atoms with van der Waals surface area (Å²) in [5.41, 5.74) is 5.59. The van der Waals surface area contributed by atoms with Gasteiger partial charge in [-0.3, -0.25) is 9.78 Å². The number of H-pyrrole nitrogens is 1. The van der Waals surface area contributed by atoms with E-state index in [-0.39, 0.29) is 11.8 Å². The maximum Gasteiger partial charge on any atom is 0.221 e. The van der Waals surface area contributed by atoms with Crippen molar-refractivity contribution in [3.63, 3.8) is 0 Å². The molecule has 0 aliphatic heterocycles. The highest BCUT2D eigenvalue weighted by Gasteiger charge is 2.21. The monoisotopic (exact) mass is 369 g/mol. The second kappa shape index (κ2) is 8.09. The molecule has 0 bridgehead atoms. The molecule has 0 aliphatic rings. The molecule has 4 heteroatoms. The average Bonchev–Trinajstić information content (AvgIpc) is 3.16. The minimum atomic E-state index is -0.00866. The molecule has 0 aliphatic carbocycles. The number of nitrogens with one attached hydrogen (secondary N) is 2. The molecule has 0 saturated heterocycles. The summed E-state index contributed by atoms with van der Waals surface area (Å²) in [4.78, 5) is 20.2. The van der Waals surface area contributed by atoms with Crippen molar-refractivity contribution in [2.75, 3.05) is 0 Å². The number of benzene rings is 2. The maximum atomic E-state index is 12.8. The first-order valence-corrected chi connectivity index (χ1v) is 9.49. The van der Waals surface area contributed by atoms with Crippen LogP contribution in [0.15, 0.2) is 79.3 Å². The lowest BCUT2D eigenvalue weighted by Gasteiger charge is -2.17. The van der Waals surface area contributed by atoms with Gasteiger partial charge < -0.3 is 10.3 Å². The van der Waals surface area contributed by atoms with Gasteiger partial charge in [-0.2, -0.15) is 0 Å². The fraction of sp³-hybridized carbons (Fsp3) is 0.167.